The van der Waals surface area contributed by atoms with E-state index in [2.05, 4.69) is 5.32 Å². The Morgan fingerprint density at radius 2 is 2.33 bits per heavy atom. The van der Waals surface area contributed by atoms with Crippen molar-refractivity contribution < 1.29 is 4.79 Å². The third-order valence-corrected chi connectivity index (χ3v) is 2.09. The molecule has 1 heterocycles. The number of carbonyl (C=O) groups is 1. The average molecular weight is 162 g/mol. The van der Waals surface area contributed by atoms with Crippen molar-refractivity contribution >= 4 is 5.91 Å². The summed E-state index contributed by atoms with van der Waals surface area (Å²) >= 11 is 0. The standard InChI is InChI=1S/C9H10N2O/c10-4-6-1-2-8-7(3-6)5-11-9(8)12/h1-3H,4-5,10H2,(H,11,12). The summed E-state index contributed by atoms with van der Waals surface area (Å²) in [5, 5.41) is 2.76. The van der Waals surface area contributed by atoms with Gasteiger partial charge in [0.05, 0.1) is 0 Å². The molecule has 62 valence electrons. The van der Waals surface area contributed by atoms with Crippen molar-refractivity contribution in [2.75, 3.05) is 0 Å². The van der Waals surface area contributed by atoms with E-state index < -0.39 is 0 Å². The normalized spacial score (nSPS) is 14.2. The Morgan fingerprint density at radius 3 is 3.08 bits per heavy atom. The largest absolute Gasteiger partial charge is 0.348 e. The van der Waals surface area contributed by atoms with E-state index in [1.165, 1.54) is 0 Å². The van der Waals surface area contributed by atoms with Gasteiger partial charge in [-0.15, -0.1) is 0 Å². The number of amides is 1. The maximum absolute atomic E-state index is 11.1. The number of nitrogens with two attached hydrogens (primary N) is 1. The fourth-order valence-corrected chi connectivity index (χ4v) is 1.41. The monoisotopic (exact) mass is 162 g/mol. The molecule has 2 rings (SSSR count). The molecule has 0 unspecified atom stereocenters. The molecule has 1 aliphatic rings. The number of hydrogen-bond acceptors (Lipinski definition) is 2. The van der Waals surface area contributed by atoms with E-state index in [4.69, 9.17) is 5.73 Å². The highest BCUT2D eigenvalue weighted by atomic mass is 16.1. The van der Waals surface area contributed by atoms with Gasteiger partial charge in [-0.2, -0.15) is 0 Å². The van der Waals surface area contributed by atoms with Crippen LogP contribution in [0.5, 0.6) is 0 Å². The highest BCUT2D eigenvalue weighted by molar-refractivity contribution is 5.98. The zero-order chi connectivity index (χ0) is 8.55. The van der Waals surface area contributed by atoms with Crippen LogP contribution in [0.15, 0.2) is 18.2 Å². The summed E-state index contributed by atoms with van der Waals surface area (Å²) in [7, 11) is 0. The van der Waals surface area contributed by atoms with Crippen molar-refractivity contribution in [2.45, 2.75) is 13.1 Å². The van der Waals surface area contributed by atoms with Crippen molar-refractivity contribution in [3.8, 4) is 0 Å². The summed E-state index contributed by atoms with van der Waals surface area (Å²) in [5.41, 5.74) is 8.39. The van der Waals surface area contributed by atoms with Crippen molar-refractivity contribution in [1.82, 2.24) is 5.32 Å². The molecule has 1 amide bonds. The molecule has 12 heavy (non-hydrogen) atoms. The Labute approximate surface area is 70.6 Å². The van der Waals surface area contributed by atoms with E-state index in [0.717, 1.165) is 16.7 Å². The maximum Gasteiger partial charge on any atom is 0.251 e. The molecular formula is C9H10N2O. The summed E-state index contributed by atoms with van der Waals surface area (Å²) in [5.74, 6) is 0.0218. The van der Waals surface area contributed by atoms with E-state index >= 15 is 0 Å². The van der Waals surface area contributed by atoms with Gasteiger partial charge in [-0.1, -0.05) is 12.1 Å². The minimum Gasteiger partial charge on any atom is -0.348 e. The van der Waals surface area contributed by atoms with Gasteiger partial charge in [-0.3, -0.25) is 4.79 Å². The number of carbonyl (C=O) groups excluding carboxylic acids is 1. The Bertz CT molecular complexity index is 333. The van der Waals surface area contributed by atoms with Crippen LogP contribution in [0.4, 0.5) is 0 Å². The highest BCUT2D eigenvalue weighted by Crippen LogP contribution is 2.16. The fourth-order valence-electron chi connectivity index (χ4n) is 1.41. The van der Waals surface area contributed by atoms with Crippen LogP contribution in [-0.4, -0.2) is 5.91 Å². The molecule has 0 saturated heterocycles. The summed E-state index contributed by atoms with van der Waals surface area (Å²) < 4.78 is 0. The average Bonchev–Trinajstić information content (AvgIpc) is 2.47. The van der Waals surface area contributed by atoms with Crippen molar-refractivity contribution in [3.05, 3.63) is 34.9 Å². The van der Waals surface area contributed by atoms with Crippen LogP contribution in [0.1, 0.15) is 21.5 Å². The van der Waals surface area contributed by atoms with Gasteiger partial charge < -0.3 is 11.1 Å². The summed E-state index contributed by atoms with van der Waals surface area (Å²) in [6, 6.07) is 5.71. The van der Waals surface area contributed by atoms with Gasteiger partial charge in [-0.05, 0) is 17.2 Å². The zero-order valence-corrected chi connectivity index (χ0v) is 6.63. The maximum atomic E-state index is 11.1. The van der Waals surface area contributed by atoms with Crippen LogP contribution in [0.3, 0.4) is 0 Å². The molecule has 0 fully saturated rings. The van der Waals surface area contributed by atoms with E-state index in [-0.39, 0.29) is 5.91 Å². The van der Waals surface area contributed by atoms with E-state index in [1.54, 1.807) is 0 Å². The van der Waals surface area contributed by atoms with Gasteiger partial charge >= 0.3 is 0 Å². The first-order chi connectivity index (χ1) is 5.81. The first-order valence-electron chi connectivity index (χ1n) is 3.91. The Balaban J connectivity index is 2.48. The molecule has 0 spiro atoms. The van der Waals surface area contributed by atoms with Crippen LogP contribution in [-0.2, 0) is 13.1 Å². The first kappa shape index (κ1) is 7.31. The van der Waals surface area contributed by atoms with Crippen LogP contribution < -0.4 is 11.1 Å². The molecule has 1 aliphatic heterocycles. The van der Waals surface area contributed by atoms with Crippen LogP contribution in [0.25, 0.3) is 0 Å². The van der Waals surface area contributed by atoms with Gasteiger partial charge in [0.1, 0.15) is 0 Å². The SMILES string of the molecule is NCc1ccc2c(c1)CNC2=O. The second-order valence-corrected chi connectivity index (χ2v) is 2.88. The van der Waals surface area contributed by atoms with Crippen molar-refractivity contribution in [3.63, 3.8) is 0 Å². The predicted octanol–water partition coefficient (Wildman–Crippen LogP) is 0.389. The molecule has 3 N–H and O–H groups in total. The molecular weight excluding hydrogens is 152 g/mol. The number of rotatable bonds is 1. The molecule has 3 nitrogen and oxygen atoms in total. The quantitative estimate of drug-likeness (QED) is 0.627. The van der Waals surface area contributed by atoms with Crippen molar-refractivity contribution in [1.29, 1.82) is 0 Å². The smallest absolute Gasteiger partial charge is 0.251 e. The number of fused-ring (bicyclic) bond motifs is 1. The summed E-state index contributed by atoms with van der Waals surface area (Å²) in [6.07, 6.45) is 0. The second kappa shape index (κ2) is 2.60. The van der Waals surface area contributed by atoms with Gasteiger partial charge in [0, 0.05) is 18.7 Å². The lowest BCUT2D eigenvalue weighted by atomic mass is 10.1. The molecule has 0 radical (unpaired) electrons. The third kappa shape index (κ3) is 0.987. The van der Waals surface area contributed by atoms with Gasteiger partial charge in [-0.25, -0.2) is 0 Å². The Hall–Kier alpha value is -1.35. The fraction of sp³-hybridized carbons (Fsp3) is 0.222. The van der Waals surface area contributed by atoms with Gasteiger partial charge in [0.25, 0.3) is 5.91 Å². The van der Waals surface area contributed by atoms with Crippen LogP contribution in [0, 0.1) is 0 Å². The Kier molecular flexibility index (Phi) is 1.59. The Morgan fingerprint density at radius 1 is 1.50 bits per heavy atom. The zero-order valence-electron chi connectivity index (χ0n) is 6.63. The topological polar surface area (TPSA) is 55.1 Å². The molecule has 1 aromatic carbocycles. The van der Waals surface area contributed by atoms with Crippen LogP contribution in [0.2, 0.25) is 0 Å². The first-order valence-corrected chi connectivity index (χ1v) is 3.91. The predicted molar refractivity (Wildman–Crippen MR) is 45.5 cm³/mol. The molecule has 3 heteroatoms. The lowest BCUT2D eigenvalue weighted by Crippen LogP contribution is -2.12. The number of hydrogen-bond donors (Lipinski definition) is 2. The molecule has 0 atom stereocenters. The number of nitrogens with one attached hydrogen (secondary N) is 1. The minimum atomic E-state index is 0.0218. The number of benzene rings is 1. The summed E-state index contributed by atoms with van der Waals surface area (Å²) in [4.78, 5) is 11.1. The minimum absolute atomic E-state index is 0.0218. The van der Waals surface area contributed by atoms with Gasteiger partial charge in [0.2, 0.25) is 0 Å². The lowest BCUT2D eigenvalue weighted by Gasteiger charge is -1.98. The van der Waals surface area contributed by atoms with Gasteiger partial charge in [0.15, 0.2) is 0 Å². The van der Waals surface area contributed by atoms with Crippen LogP contribution >= 0.6 is 0 Å². The molecule has 0 saturated carbocycles. The molecule has 0 aliphatic carbocycles. The van der Waals surface area contributed by atoms with E-state index in [0.29, 0.717) is 13.1 Å². The molecule has 0 bridgehead atoms. The van der Waals surface area contributed by atoms with E-state index in [9.17, 15) is 4.79 Å². The second-order valence-electron chi connectivity index (χ2n) is 2.88. The van der Waals surface area contributed by atoms with Crippen molar-refractivity contribution in [2.24, 2.45) is 5.73 Å². The lowest BCUT2D eigenvalue weighted by molar-refractivity contribution is 0.0966. The third-order valence-electron chi connectivity index (χ3n) is 2.09. The van der Waals surface area contributed by atoms with E-state index in [1.807, 2.05) is 18.2 Å². The molecule has 1 aromatic rings. The highest BCUT2D eigenvalue weighted by Gasteiger charge is 2.17. The summed E-state index contributed by atoms with van der Waals surface area (Å²) in [6.45, 7) is 1.17. The molecule has 0 aromatic heterocycles.